The first-order valence-electron chi connectivity index (χ1n) is 7.88. The van der Waals surface area contributed by atoms with Crippen LogP contribution in [0.4, 0.5) is 0 Å². The number of H-pyrrole nitrogens is 1. The van der Waals surface area contributed by atoms with Crippen molar-refractivity contribution in [1.82, 2.24) is 9.97 Å². The molecule has 1 aromatic heterocycles. The number of carbonyl (C=O) groups is 2. The van der Waals surface area contributed by atoms with E-state index in [4.69, 9.17) is 16.2 Å². The van der Waals surface area contributed by atoms with Crippen LogP contribution in [0.5, 0.6) is 5.75 Å². The number of phenols is 1. The first kappa shape index (κ1) is 17.9. The van der Waals surface area contributed by atoms with Crippen molar-refractivity contribution < 1.29 is 24.9 Å². The number of benzene rings is 2. The van der Waals surface area contributed by atoms with E-state index >= 15 is 0 Å². The minimum atomic E-state index is -1.27. The molecule has 1 heterocycles. The summed E-state index contributed by atoms with van der Waals surface area (Å²) in [6, 6.07) is 9.02. The highest BCUT2D eigenvalue weighted by molar-refractivity contribution is 5.98. The molecule has 138 valence electrons. The molecule has 0 bridgehead atoms. The number of aliphatic carboxylic acids is 2. The average molecular weight is 368 g/mol. The van der Waals surface area contributed by atoms with Crippen LogP contribution in [0.25, 0.3) is 22.4 Å². The molecule has 27 heavy (non-hydrogen) atoms. The van der Waals surface area contributed by atoms with Crippen LogP contribution in [0.3, 0.4) is 0 Å². The SMILES string of the molecule is N=C(N)c1ccc2nc(-c3cc([C@@H](CC(=O)O)C(=O)O)ccc3O)[nH]c2c1. The van der Waals surface area contributed by atoms with Gasteiger partial charge in [0.05, 0.1) is 28.9 Å². The minimum absolute atomic E-state index is 0.101. The number of hydrogen-bond acceptors (Lipinski definition) is 5. The molecular weight excluding hydrogens is 352 g/mol. The third kappa shape index (κ3) is 3.56. The summed E-state index contributed by atoms with van der Waals surface area (Å²) in [5.41, 5.74) is 7.61. The molecule has 0 spiro atoms. The van der Waals surface area contributed by atoms with Gasteiger partial charge in [0.2, 0.25) is 0 Å². The Kier molecular flexibility index (Phi) is 4.51. The number of imidazole rings is 1. The summed E-state index contributed by atoms with van der Waals surface area (Å²) in [4.78, 5) is 29.7. The molecule has 0 fully saturated rings. The monoisotopic (exact) mass is 368 g/mol. The fraction of sp³-hybridized carbons (Fsp3) is 0.111. The number of hydrogen-bond donors (Lipinski definition) is 6. The van der Waals surface area contributed by atoms with Crippen LogP contribution in [0.15, 0.2) is 36.4 Å². The van der Waals surface area contributed by atoms with Crippen molar-refractivity contribution in [2.24, 2.45) is 5.73 Å². The Morgan fingerprint density at radius 2 is 1.93 bits per heavy atom. The zero-order valence-electron chi connectivity index (χ0n) is 13.9. The largest absolute Gasteiger partial charge is 0.507 e. The van der Waals surface area contributed by atoms with Crippen molar-refractivity contribution in [2.75, 3.05) is 0 Å². The van der Waals surface area contributed by atoms with Gasteiger partial charge in [0.15, 0.2) is 0 Å². The number of amidine groups is 1. The van der Waals surface area contributed by atoms with Crippen LogP contribution in [0.1, 0.15) is 23.5 Å². The maximum absolute atomic E-state index is 11.4. The molecule has 0 aliphatic carbocycles. The van der Waals surface area contributed by atoms with Gasteiger partial charge in [-0.2, -0.15) is 0 Å². The number of nitrogens with zero attached hydrogens (tertiary/aromatic N) is 1. The molecule has 0 radical (unpaired) electrons. The smallest absolute Gasteiger partial charge is 0.311 e. The maximum atomic E-state index is 11.4. The summed E-state index contributed by atoms with van der Waals surface area (Å²) in [6.07, 6.45) is -0.582. The number of nitrogens with two attached hydrogens (primary N) is 1. The lowest BCUT2D eigenvalue weighted by Crippen LogP contribution is -2.15. The van der Waals surface area contributed by atoms with Crippen molar-refractivity contribution in [3.8, 4) is 17.1 Å². The Labute approximate surface area is 152 Å². The summed E-state index contributed by atoms with van der Waals surface area (Å²) in [7, 11) is 0. The van der Waals surface area contributed by atoms with E-state index < -0.39 is 24.3 Å². The van der Waals surface area contributed by atoms with Crippen LogP contribution in [-0.2, 0) is 9.59 Å². The molecule has 0 unspecified atom stereocenters. The van der Waals surface area contributed by atoms with E-state index in [1.807, 2.05) is 0 Å². The van der Waals surface area contributed by atoms with Gasteiger partial charge >= 0.3 is 11.9 Å². The van der Waals surface area contributed by atoms with Crippen LogP contribution in [-0.4, -0.2) is 43.1 Å². The number of nitrogen functional groups attached to an aromatic ring is 1. The summed E-state index contributed by atoms with van der Waals surface area (Å²) in [5, 5.41) is 35.9. The van der Waals surface area contributed by atoms with E-state index in [1.54, 1.807) is 18.2 Å². The number of carboxylic acid groups (broad SMARTS) is 2. The van der Waals surface area contributed by atoms with Crippen LogP contribution in [0, 0.1) is 5.41 Å². The number of rotatable bonds is 6. The average Bonchev–Trinajstić information content (AvgIpc) is 3.02. The number of nitrogens with one attached hydrogen (secondary N) is 2. The predicted molar refractivity (Wildman–Crippen MR) is 96.8 cm³/mol. The van der Waals surface area contributed by atoms with Crippen molar-refractivity contribution in [3.63, 3.8) is 0 Å². The van der Waals surface area contributed by atoms with E-state index in [1.165, 1.54) is 18.2 Å². The summed E-state index contributed by atoms with van der Waals surface area (Å²) < 4.78 is 0. The van der Waals surface area contributed by atoms with Crippen molar-refractivity contribution >= 4 is 28.8 Å². The normalized spacial score (nSPS) is 12.0. The van der Waals surface area contributed by atoms with Crippen LogP contribution >= 0.6 is 0 Å². The fourth-order valence-electron chi connectivity index (χ4n) is 2.79. The zero-order chi connectivity index (χ0) is 19.7. The van der Waals surface area contributed by atoms with Gasteiger partial charge in [0, 0.05) is 5.56 Å². The molecule has 0 saturated carbocycles. The van der Waals surface area contributed by atoms with Crippen molar-refractivity contribution in [1.29, 1.82) is 5.41 Å². The third-order valence-corrected chi connectivity index (χ3v) is 4.15. The first-order valence-corrected chi connectivity index (χ1v) is 7.88. The number of carboxylic acids is 2. The number of aromatic amines is 1. The van der Waals surface area contributed by atoms with Gasteiger partial charge in [-0.25, -0.2) is 4.98 Å². The maximum Gasteiger partial charge on any atom is 0.311 e. The highest BCUT2D eigenvalue weighted by atomic mass is 16.4. The van der Waals surface area contributed by atoms with Crippen LogP contribution in [0.2, 0.25) is 0 Å². The Balaban J connectivity index is 2.08. The quantitative estimate of drug-likeness (QED) is 0.284. The molecule has 2 aromatic carbocycles. The topological polar surface area (TPSA) is 173 Å². The van der Waals surface area contributed by atoms with Gasteiger partial charge < -0.3 is 26.0 Å². The molecule has 7 N–H and O–H groups in total. The van der Waals surface area contributed by atoms with Gasteiger partial charge in [0.25, 0.3) is 0 Å². The van der Waals surface area contributed by atoms with Gasteiger partial charge in [0.1, 0.15) is 17.4 Å². The first-order chi connectivity index (χ1) is 12.8. The molecule has 0 aliphatic heterocycles. The van der Waals surface area contributed by atoms with E-state index in [-0.39, 0.29) is 28.5 Å². The Morgan fingerprint density at radius 3 is 2.56 bits per heavy atom. The van der Waals surface area contributed by atoms with E-state index in [0.29, 0.717) is 16.6 Å². The second-order valence-electron chi connectivity index (χ2n) is 6.00. The van der Waals surface area contributed by atoms with E-state index in [2.05, 4.69) is 9.97 Å². The minimum Gasteiger partial charge on any atom is -0.507 e. The summed E-state index contributed by atoms with van der Waals surface area (Å²) in [5.74, 6) is -3.72. The molecule has 9 nitrogen and oxygen atoms in total. The molecule has 9 heteroatoms. The molecule has 1 atom stereocenters. The second-order valence-corrected chi connectivity index (χ2v) is 6.00. The Hall–Kier alpha value is -3.88. The van der Waals surface area contributed by atoms with Gasteiger partial charge in [-0.15, -0.1) is 0 Å². The van der Waals surface area contributed by atoms with Gasteiger partial charge in [-0.05, 0) is 35.9 Å². The van der Waals surface area contributed by atoms with Crippen LogP contribution < -0.4 is 5.73 Å². The lowest BCUT2D eigenvalue weighted by atomic mass is 9.94. The molecule has 0 amide bonds. The highest BCUT2D eigenvalue weighted by Gasteiger charge is 2.24. The third-order valence-electron chi connectivity index (χ3n) is 4.15. The Bertz CT molecular complexity index is 1070. The standard InChI is InChI=1S/C18H16N4O5/c19-16(20)9-1-3-12-13(6-9)22-17(21-12)11-5-8(2-4-14(11)23)10(18(26)27)7-15(24)25/h1-6,10,23H,7H2,(H3,19,20)(H,21,22)(H,24,25)(H,26,27)/t10-/m1/s1. The lowest BCUT2D eigenvalue weighted by molar-refractivity contribution is -0.145. The molecule has 0 saturated heterocycles. The number of fused-ring (bicyclic) bond motifs is 1. The van der Waals surface area contributed by atoms with Crippen molar-refractivity contribution in [2.45, 2.75) is 12.3 Å². The predicted octanol–water partition coefficient (Wildman–Crippen LogP) is 1.86. The summed E-state index contributed by atoms with van der Waals surface area (Å²) in [6.45, 7) is 0. The fourth-order valence-corrected chi connectivity index (χ4v) is 2.79. The van der Waals surface area contributed by atoms with E-state index in [0.717, 1.165) is 0 Å². The molecule has 3 aromatic rings. The van der Waals surface area contributed by atoms with Crippen molar-refractivity contribution in [3.05, 3.63) is 47.5 Å². The number of aromatic hydroxyl groups is 1. The number of aromatic nitrogens is 2. The second kappa shape index (κ2) is 6.79. The molecule has 3 rings (SSSR count). The lowest BCUT2D eigenvalue weighted by Gasteiger charge is -2.12. The number of phenolic OH excluding ortho intramolecular Hbond substituents is 1. The Morgan fingerprint density at radius 1 is 1.19 bits per heavy atom. The zero-order valence-corrected chi connectivity index (χ0v) is 13.9. The molecule has 0 aliphatic rings. The highest BCUT2D eigenvalue weighted by Crippen LogP contribution is 2.33. The molecular formula is C18H16N4O5. The summed E-state index contributed by atoms with van der Waals surface area (Å²) >= 11 is 0. The van der Waals surface area contributed by atoms with Gasteiger partial charge in [-0.3, -0.25) is 15.0 Å². The van der Waals surface area contributed by atoms with E-state index in [9.17, 15) is 19.8 Å². The van der Waals surface area contributed by atoms with Gasteiger partial charge in [-0.1, -0.05) is 6.07 Å².